The molecular formula is C12H24N4O2S. The Hall–Kier alpha value is -0.790. The third kappa shape index (κ3) is 5.80. The molecule has 0 radical (unpaired) electrons. The van der Waals surface area contributed by atoms with Crippen molar-refractivity contribution in [2.24, 2.45) is 17.5 Å². The van der Waals surface area contributed by atoms with Gasteiger partial charge in [0.05, 0.1) is 5.75 Å². The van der Waals surface area contributed by atoms with Crippen LogP contribution in [0.4, 0.5) is 0 Å². The Morgan fingerprint density at radius 3 is 2.42 bits per heavy atom. The lowest BCUT2D eigenvalue weighted by Crippen LogP contribution is -2.45. The zero-order valence-electron chi connectivity index (χ0n) is 11.6. The van der Waals surface area contributed by atoms with Gasteiger partial charge in [-0.3, -0.25) is 15.0 Å². The van der Waals surface area contributed by atoms with E-state index in [0.29, 0.717) is 31.7 Å². The van der Waals surface area contributed by atoms with Crippen molar-refractivity contribution < 1.29 is 9.59 Å². The van der Waals surface area contributed by atoms with Crippen LogP contribution in [0.3, 0.4) is 0 Å². The zero-order chi connectivity index (χ0) is 14.5. The fraction of sp³-hybridized carbons (Fsp3) is 0.833. The molecule has 7 heteroatoms. The molecule has 0 bridgehead atoms. The Labute approximate surface area is 118 Å². The number of carbonyl (C=O) groups excluding carboxylic acids is 2. The average Bonchev–Trinajstić information content (AvgIpc) is 2.36. The SMILES string of the molecule is CC(C)(N)CSCC(=O)N1CCC(C(=O)NN)CC1. The number of hydrazine groups is 1. The van der Waals surface area contributed by atoms with Crippen molar-refractivity contribution in [3.05, 3.63) is 0 Å². The summed E-state index contributed by atoms with van der Waals surface area (Å²) in [4.78, 5) is 25.2. The Morgan fingerprint density at radius 2 is 1.95 bits per heavy atom. The standard InChI is InChI=1S/C12H24N4O2S/c1-12(2,13)8-19-7-10(17)16-5-3-9(4-6-16)11(18)15-14/h9H,3-8,13-14H2,1-2H3,(H,15,18). The summed E-state index contributed by atoms with van der Waals surface area (Å²) in [6.45, 7) is 5.15. The van der Waals surface area contributed by atoms with Crippen LogP contribution in [0.1, 0.15) is 26.7 Å². The molecule has 1 heterocycles. The van der Waals surface area contributed by atoms with Gasteiger partial charge in [0.2, 0.25) is 11.8 Å². The molecular weight excluding hydrogens is 264 g/mol. The maximum absolute atomic E-state index is 12.0. The summed E-state index contributed by atoms with van der Waals surface area (Å²) in [6, 6.07) is 0. The van der Waals surface area contributed by atoms with Crippen LogP contribution in [0.25, 0.3) is 0 Å². The van der Waals surface area contributed by atoms with Crippen molar-refractivity contribution in [3.63, 3.8) is 0 Å². The van der Waals surface area contributed by atoms with E-state index in [4.69, 9.17) is 11.6 Å². The summed E-state index contributed by atoms with van der Waals surface area (Å²) in [6.07, 6.45) is 1.36. The Kier molecular flexibility index (Phi) is 6.09. The van der Waals surface area contributed by atoms with E-state index < -0.39 is 0 Å². The van der Waals surface area contributed by atoms with Crippen molar-refractivity contribution in [1.82, 2.24) is 10.3 Å². The van der Waals surface area contributed by atoms with Gasteiger partial charge in [-0.25, -0.2) is 5.84 Å². The van der Waals surface area contributed by atoms with Crippen LogP contribution in [0, 0.1) is 5.92 Å². The minimum absolute atomic E-state index is 0.0651. The monoisotopic (exact) mass is 288 g/mol. The Balaban J connectivity index is 2.27. The number of nitrogens with two attached hydrogens (primary N) is 2. The van der Waals surface area contributed by atoms with Crippen LogP contribution in [0.5, 0.6) is 0 Å². The Morgan fingerprint density at radius 1 is 1.37 bits per heavy atom. The highest BCUT2D eigenvalue weighted by molar-refractivity contribution is 8.00. The van der Waals surface area contributed by atoms with E-state index in [9.17, 15) is 9.59 Å². The molecule has 5 N–H and O–H groups in total. The van der Waals surface area contributed by atoms with Gasteiger partial charge in [-0.2, -0.15) is 11.8 Å². The van der Waals surface area contributed by atoms with E-state index >= 15 is 0 Å². The number of likely N-dealkylation sites (tertiary alicyclic amines) is 1. The fourth-order valence-corrected chi connectivity index (χ4v) is 2.99. The predicted molar refractivity (Wildman–Crippen MR) is 77.2 cm³/mol. The Bertz CT molecular complexity index is 322. The molecule has 1 saturated heterocycles. The first-order valence-electron chi connectivity index (χ1n) is 6.48. The summed E-state index contributed by atoms with van der Waals surface area (Å²) in [5.41, 5.74) is 7.78. The molecule has 0 aromatic carbocycles. The van der Waals surface area contributed by atoms with Crippen molar-refractivity contribution in [2.45, 2.75) is 32.2 Å². The molecule has 0 spiro atoms. The number of nitrogens with zero attached hydrogens (tertiary/aromatic N) is 1. The summed E-state index contributed by atoms with van der Waals surface area (Å²) in [5.74, 6) is 6.24. The van der Waals surface area contributed by atoms with Gasteiger partial charge in [0.1, 0.15) is 0 Å². The van der Waals surface area contributed by atoms with Gasteiger partial charge in [-0.15, -0.1) is 0 Å². The van der Waals surface area contributed by atoms with Crippen LogP contribution in [0.15, 0.2) is 0 Å². The second-order valence-corrected chi connectivity index (χ2v) is 6.63. The van der Waals surface area contributed by atoms with E-state index in [1.54, 1.807) is 11.8 Å². The number of rotatable bonds is 5. The minimum Gasteiger partial charge on any atom is -0.342 e. The number of carbonyl (C=O) groups is 2. The second kappa shape index (κ2) is 7.12. The molecule has 0 aromatic rings. The number of hydrogen-bond donors (Lipinski definition) is 3. The van der Waals surface area contributed by atoms with Gasteiger partial charge < -0.3 is 10.6 Å². The van der Waals surface area contributed by atoms with Crippen molar-refractivity contribution >= 4 is 23.6 Å². The molecule has 0 aromatic heterocycles. The maximum atomic E-state index is 12.0. The highest BCUT2D eigenvalue weighted by Gasteiger charge is 2.26. The number of piperidine rings is 1. The van der Waals surface area contributed by atoms with Crippen molar-refractivity contribution in [1.29, 1.82) is 0 Å². The maximum Gasteiger partial charge on any atom is 0.237 e. The van der Waals surface area contributed by atoms with Gasteiger partial charge in [-0.1, -0.05) is 0 Å². The fourth-order valence-electron chi connectivity index (χ4n) is 2.00. The van der Waals surface area contributed by atoms with Crippen LogP contribution in [0.2, 0.25) is 0 Å². The van der Waals surface area contributed by atoms with Gasteiger partial charge in [0.15, 0.2) is 0 Å². The van der Waals surface area contributed by atoms with Gasteiger partial charge in [0.25, 0.3) is 0 Å². The van der Waals surface area contributed by atoms with Crippen LogP contribution in [-0.2, 0) is 9.59 Å². The lowest BCUT2D eigenvalue weighted by Gasteiger charge is -2.31. The number of amides is 2. The summed E-state index contributed by atoms with van der Waals surface area (Å²) in [7, 11) is 0. The topological polar surface area (TPSA) is 101 Å². The summed E-state index contributed by atoms with van der Waals surface area (Å²) < 4.78 is 0. The molecule has 19 heavy (non-hydrogen) atoms. The van der Waals surface area contributed by atoms with Gasteiger partial charge >= 0.3 is 0 Å². The molecule has 0 aliphatic carbocycles. The van der Waals surface area contributed by atoms with Crippen molar-refractivity contribution in [3.8, 4) is 0 Å². The van der Waals surface area contributed by atoms with Crippen LogP contribution < -0.4 is 17.0 Å². The van der Waals surface area contributed by atoms with E-state index in [-0.39, 0.29) is 23.3 Å². The molecule has 6 nitrogen and oxygen atoms in total. The summed E-state index contributed by atoms with van der Waals surface area (Å²) in [5, 5.41) is 0. The average molecular weight is 288 g/mol. The normalized spacial score (nSPS) is 17.4. The molecule has 2 amide bonds. The van der Waals surface area contributed by atoms with Gasteiger partial charge in [0, 0.05) is 30.3 Å². The third-order valence-electron chi connectivity index (χ3n) is 3.06. The number of thioether (sulfide) groups is 1. The highest BCUT2D eigenvalue weighted by atomic mass is 32.2. The van der Waals surface area contributed by atoms with Crippen molar-refractivity contribution in [2.75, 3.05) is 24.6 Å². The predicted octanol–water partition coefficient (Wildman–Crippen LogP) is -0.315. The van der Waals surface area contributed by atoms with E-state index in [0.717, 1.165) is 5.75 Å². The first-order chi connectivity index (χ1) is 8.83. The lowest BCUT2D eigenvalue weighted by atomic mass is 9.96. The molecule has 0 unspecified atom stereocenters. The van der Waals surface area contributed by atoms with Crippen LogP contribution in [-0.4, -0.2) is 46.8 Å². The first kappa shape index (κ1) is 16.3. The molecule has 1 rings (SSSR count). The largest absolute Gasteiger partial charge is 0.342 e. The van der Waals surface area contributed by atoms with Gasteiger partial charge in [-0.05, 0) is 26.7 Å². The lowest BCUT2D eigenvalue weighted by molar-refractivity contribution is -0.133. The van der Waals surface area contributed by atoms with Crippen LogP contribution >= 0.6 is 11.8 Å². The second-order valence-electron chi connectivity index (χ2n) is 5.65. The molecule has 110 valence electrons. The van der Waals surface area contributed by atoms with E-state index in [1.807, 2.05) is 18.7 Å². The molecule has 1 fully saturated rings. The zero-order valence-corrected chi connectivity index (χ0v) is 12.5. The number of hydrogen-bond acceptors (Lipinski definition) is 5. The van der Waals surface area contributed by atoms with E-state index in [1.165, 1.54) is 0 Å². The highest BCUT2D eigenvalue weighted by Crippen LogP contribution is 2.18. The molecule has 0 saturated carbocycles. The van der Waals surface area contributed by atoms with E-state index in [2.05, 4.69) is 5.43 Å². The molecule has 1 aliphatic rings. The molecule has 1 aliphatic heterocycles. The minimum atomic E-state index is -0.253. The molecule has 0 atom stereocenters. The first-order valence-corrected chi connectivity index (χ1v) is 7.64. The quantitative estimate of drug-likeness (QED) is 0.366. The smallest absolute Gasteiger partial charge is 0.237 e. The summed E-state index contributed by atoms with van der Waals surface area (Å²) >= 11 is 1.56. The number of nitrogens with one attached hydrogen (secondary N) is 1. The third-order valence-corrected chi connectivity index (χ3v) is 4.46.